The molecule has 20 N–H and O–H groups in total. The van der Waals surface area contributed by atoms with E-state index in [0.717, 1.165) is 38.5 Å². The Morgan fingerprint density at radius 3 is 0.923 bits per heavy atom. The molecule has 0 saturated heterocycles. The summed E-state index contributed by atoms with van der Waals surface area (Å²) in [5, 5.41) is 39.6. The molecule has 2 heterocycles. The Morgan fingerprint density at radius 1 is 0.352 bits per heavy atom. The van der Waals surface area contributed by atoms with E-state index in [0.29, 0.717) is 114 Å². The molecule has 2 aromatic heterocycles. The maximum absolute atomic E-state index is 14.3. The number of esters is 6. The summed E-state index contributed by atoms with van der Waals surface area (Å²) in [5.74, 6) is -9.71. The first-order valence-electron chi connectivity index (χ1n) is 52.6. The SMILES string of the molecule is CC(C)C(N)C(=O)NCC(=O)O[C@@H]1CC[C@@]2(C)[C@@H](C1)C[C@@H](OC(=O)CNC(=O)C(N)C(C)C)[C@@H]1[C@@H]2C[C@H](OC(=O)CNC(=O)C(N)C(C)C)[C@]2(C)[C@@H]([C@H](C)CCC(=O)NCc3cn(CCCCCCn4cc(CNC(=O)CC[C@@H](C)[C@H]5CC[C@H]6[C@@H]7[C@H](OC(=O)CNC(=O)C(N)C(C)C)C[C@@H]8C[C@H](OC(=O)CNC(=O)C(N)C(C)C)CC[C@]8(C)[C@H]7C[C@H](OC(=O)CNC(=O)C(N)C(C)C)[C@]56C)nn4)nn3)CC[C@@H]12. The third-order valence-corrected chi connectivity index (χ3v) is 34.4. The average Bonchev–Trinajstić information content (AvgIpc) is 1.43. The van der Waals surface area contributed by atoms with Crippen LogP contribution in [0, 0.1) is 128 Å². The third-order valence-electron chi connectivity index (χ3n) is 34.4. The van der Waals surface area contributed by atoms with Gasteiger partial charge >= 0.3 is 35.8 Å². The summed E-state index contributed by atoms with van der Waals surface area (Å²) in [5.41, 5.74) is 35.8. The molecule has 8 aliphatic carbocycles. The molecule has 8 aliphatic rings. The molecule has 8 amide bonds. The van der Waals surface area contributed by atoms with E-state index in [9.17, 15) is 67.1 Å². The fraction of sp³-hybridized carbons (Fsp3) is 0.824. The molecule has 10 rings (SSSR count). The molecule has 8 saturated carbocycles. The van der Waals surface area contributed by atoms with E-state index in [1.165, 1.54) is 0 Å². The van der Waals surface area contributed by atoms with Gasteiger partial charge in [0.2, 0.25) is 47.3 Å². The number of aromatic nitrogens is 6. The predicted octanol–water partition coefficient (Wildman–Crippen LogP) is 5.02. The highest BCUT2D eigenvalue weighted by Gasteiger charge is 2.70. The second kappa shape index (κ2) is 50.6. The molecule has 0 aliphatic heterocycles. The number of hydrogen-bond acceptors (Lipinski definition) is 30. The first-order valence-corrected chi connectivity index (χ1v) is 52.6. The number of carbonyl (C=O) groups excluding carboxylic acids is 14. The molecule has 142 heavy (non-hydrogen) atoms. The van der Waals surface area contributed by atoms with Gasteiger partial charge in [-0.25, -0.2) is 0 Å². The van der Waals surface area contributed by atoms with Crippen LogP contribution in [0.25, 0.3) is 0 Å². The van der Waals surface area contributed by atoms with E-state index in [1.54, 1.807) is 9.36 Å². The summed E-state index contributed by atoms with van der Waals surface area (Å²) in [7, 11) is 0. The highest BCUT2D eigenvalue weighted by molar-refractivity contribution is 5.89. The molecular formula is C102H170N20O20. The molecule has 0 radical (unpaired) electrons. The summed E-state index contributed by atoms with van der Waals surface area (Å²) in [4.78, 5) is 189. The van der Waals surface area contributed by atoms with Crippen LogP contribution in [0.3, 0.4) is 0 Å². The van der Waals surface area contributed by atoms with Crippen LogP contribution in [0.1, 0.15) is 277 Å². The number of amides is 8. The van der Waals surface area contributed by atoms with E-state index >= 15 is 0 Å². The van der Waals surface area contributed by atoms with E-state index in [1.807, 2.05) is 95.5 Å². The van der Waals surface area contributed by atoms with Gasteiger partial charge in [-0.05, 0) is 221 Å². The number of nitrogens with one attached hydrogen (secondary N) is 8. The molecule has 6 unspecified atom stereocenters. The van der Waals surface area contributed by atoms with Crippen molar-refractivity contribution in [3.05, 3.63) is 23.8 Å². The summed E-state index contributed by atoms with van der Waals surface area (Å²) in [6.45, 7) is 34.0. The highest BCUT2D eigenvalue weighted by atomic mass is 16.6. The van der Waals surface area contributed by atoms with Crippen LogP contribution in [-0.4, -0.2) is 225 Å². The zero-order valence-electron chi connectivity index (χ0n) is 87.4. The number of unbranched alkanes of at least 4 members (excludes halogenated alkanes) is 3. The van der Waals surface area contributed by atoms with Crippen molar-refractivity contribution in [2.75, 3.05) is 39.3 Å². The molecule has 0 spiro atoms. The first-order chi connectivity index (χ1) is 66.9. The van der Waals surface area contributed by atoms with Gasteiger partial charge in [0.05, 0.1) is 61.7 Å². The summed E-state index contributed by atoms with van der Waals surface area (Å²) in [6.07, 6.45) is 12.4. The van der Waals surface area contributed by atoms with Gasteiger partial charge in [0, 0.05) is 48.6 Å². The van der Waals surface area contributed by atoms with Crippen molar-refractivity contribution in [1.29, 1.82) is 0 Å². The van der Waals surface area contributed by atoms with E-state index in [4.69, 9.17) is 62.8 Å². The van der Waals surface area contributed by atoms with Crippen molar-refractivity contribution in [2.45, 2.75) is 365 Å². The predicted molar refractivity (Wildman–Crippen MR) is 525 cm³/mol. The van der Waals surface area contributed by atoms with Crippen LogP contribution in [0.4, 0.5) is 0 Å². The number of aryl methyl sites for hydroxylation is 2. The third kappa shape index (κ3) is 28.5. The van der Waals surface area contributed by atoms with Crippen LogP contribution in [0.5, 0.6) is 0 Å². The lowest BCUT2D eigenvalue weighted by atomic mass is 9.43. The van der Waals surface area contributed by atoms with E-state index in [2.05, 4.69) is 105 Å². The number of fused-ring (bicyclic) bond motifs is 10. The molecule has 40 nitrogen and oxygen atoms in total. The second-order valence-corrected chi connectivity index (χ2v) is 45.7. The molecule has 40 heteroatoms. The number of nitrogens with two attached hydrogens (primary N) is 6. The summed E-state index contributed by atoms with van der Waals surface area (Å²) < 4.78 is 42.2. The monoisotopic (exact) mass is 2000 g/mol. The van der Waals surface area contributed by atoms with Crippen molar-refractivity contribution in [3.8, 4) is 0 Å². The van der Waals surface area contributed by atoms with Crippen LogP contribution in [0.2, 0.25) is 0 Å². The minimum Gasteiger partial charge on any atom is -0.461 e. The maximum atomic E-state index is 14.3. The smallest absolute Gasteiger partial charge is 0.325 e. The summed E-state index contributed by atoms with van der Waals surface area (Å²) in [6, 6.07) is -5.01. The van der Waals surface area contributed by atoms with Crippen LogP contribution < -0.4 is 76.9 Å². The maximum Gasteiger partial charge on any atom is 0.325 e. The number of rotatable bonds is 49. The minimum absolute atomic E-state index is 0.0671. The van der Waals surface area contributed by atoms with E-state index < -0.39 is 192 Å². The highest BCUT2D eigenvalue weighted by Crippen LogP contribution is 2.72. The van der Waals surface area contributed by atoms with Gasteiger partial charge < -0.3 is 105 Å². The Balaban J connectivity index is 0.710. The lowest BCUT2D eigenvalue weighted by Gasteiger charge is -2.64. The standard InChI is InChI=1S/C102H170N20O20/c1-53(2)87(103)93(131)111-45-79(125)137-65-31-33-99(15)61(37-65)39-73(139-81(127)47-113-95(133)89(105)55(5)6)85-69-27-25-67(101(69,17)75(41-71(85)99)141-83(129)49-115-97(135)91(107)57(9)10)59(13)23-29-77(123)109-43-63-51-121(119-117-63)35-21-19-20-22-36-122-52-64(118-120-122)44-110-78(124)30-24-60(14)68-26-28-70-86-72(42-76(102(68,70)18)142-84(130)50-116-98(136)92(108)58(11)12)100(16)34-32-66(138-80(126)46-112-94(132)88(104)54(3)4)38-62(100)40-74(86)140-82(128)48-114-96(134)90(106)56(7)8/h51-62,65-76,85-92H,19-50,103-108H2,1-18H3,(H,109,123)(H,110,124)(H,111,131)(H,112,132)(H,113,133)(H,114,134)(H,115,135)(H,116,136)/t59-,60-,61+,62+,65-,66-,67-,68-,69+,70+,71+,72+,73-,74-,75+,76+,85+,86+,87?,88?,89?,90?,91?,92?,99+,100+,101-,102-/m1/s1. The topological polar surface area (TPSA) is 608 Å². The summed E-state index contributed by atoms with van der Waals surface area (Å²) >= 11 is 0. The Labute approximate surface area is 837 Å². The van der Waals surface area contributed by atoms with Crippen LogP contribution in [0.15, 0.2) is 12.4 Å². The first kappa shape index (κ1) is 115. The van der Waals surface area contributed by atoms with Gasteiger partial charge in [-0.1, -0.05) is 148 Å². The molecule has 0 aromatic carbocycles. The normalized spacial score (nSPS) is 29.8. The number of ether oxygens (including phenoxy) is 6. The Morgan fingerprint density at radius 2 is 0.634 bits per heavy atom. The number of hydrogen-bond donors (Lipinski definition) is 14. The largest absolute Gasteiger partial charge is 0.461 e. The average molecular weight is 2000 g/mol. The van der Waals surface area contributed by atoms with Crippen molar-refractivity contribution in [1.82, 2.24) is 72.5 Å². The molecule has 0 bridgehead atoms. The molecule has 2 aromatic rings. The Kier molecular flexibility index (Phi) is 40.8. The quantitative estimate of drug-likeness (QED) is 0.0235. The van der Waals surface area contributed by atoms with Crippen LogP contribution >= 0.6 is 0 Å². The van der Waals surface area contributed by atoms with Crippen molar-refractivity contribution in [2.24, 2.45) is 163 Å². The van der Waals surface area contributed by atoms with Gasteiger partial charge in [-0.2, -0.15) is 0 Å². The zero-order chi connectivity index (χ0) is 104. The number of carbonyl (C=O) groups is 14. The van der Waals surface area contributed by atoms with Crippen molar-refractivity contribution >= 4 is 83.1 Å². The van der Waals surface area contributed by atoms with Gasteiger partial charge in [0.25, 0.3) is 0 Å². The van der Waals surface area contributed by atoms with Crippen molar-refractivity contribution in [3.63, 3.8) is 0 Å². The number of nitrogens with zero attached hydrogens (tertiary/aromatic N) is 6. The zero-order valence-corrected chi connectivity index (χ0v) is 87.4. The van der Waals surface area contributed by atoms with Gasteiger partial charge in [-0.15, -0.1) is 10.2 Å². The Hall–Kier alpha value is -9.38. The molecular weight excluding hydrogens is 1830 g/mol. The van der Waals surface area contributed by atoms with E-state index in [-0.39, 0.29) is 157 Å². The minimum atomic E-state index is -0.852. The fourth-order valence-electron chi connectivity index (χ4n) is 25.3. The molecule has 8 fully saturated rings. The lowest BCUT2D eigenvalue weighted by Crippen LogP contribution is -2.64. The van der Waals surface area contributed by atoms with Crippen molar-refractivity contribution < 1.29 is 95.5 Å². The van der Waals surface area contributed by atoms with Gasteiger partial charge in [0.15, 0.2) is 0 Å². The van der Waals surface area contributed by atoms with Gasteiger partial charge in [-0.3, -0.25) is 76.5 Å². The van der Waals surface area contributed by atoms with Gasteiger partial charge in [0.1, 0.15) is 87.3 Å². The second-order valence-electron chi connectivity index (χ2n) is 45.7. The fourth-order valence-corrected chi connectivity index (χ4v) is 25.3. The lowest BCUT2D eigenvalue weighted by molar-refractivity contribution is -0.226. The molecule has 798 valence electrons. The Bertz CT molecular complexity index is 4380. The van der Waals surface area contributed by atoms with Crippen LogP contribution in [-0.2, 0) is 122 Å². The molecule has 28 atom stereocenters.